The molecule has 1 aliphatic heterocycles. The molecule has 4 nitrogen and oxygen atoms in total. The van der Waals surface area contributed by atoms with E-state index in [-0.39, 0.29) is 12.7 Å². The van der Waals surface area contributed by atoms with Crippen LogP contribution in [0.5, 0.6) is 11.5 Å². The van der Waals surface area contributed by atoms with Crippen LogP contribution in [0.2, 0.25) is 0 Å². The van der Waals surface area contributed by atoms with Gasteiger partial charge in [0.2, 0.25) is 0 Å². The fraction of sp³-hybridized carbons (Fsp3) is 0.316. The van der Waals surface area contributed by atoms with E-state index < -0.39 is 23.2 Å². The summed E-state index contributed by atoms with van der Waals surface area (Å²) in [5.74, 6) is -1.70. The number of carbonyl (C=O) groups is 1. The largest absolute Gasteiger partial charge is 0.493 e. The Morgan fingerprint density at radius 1 is 1.28 bits per heavy atom. The molecule has 1 heterocycles. The van der Waals surface area contributed by atoms with Crippen LogP contribution in [-0.2, 0) is 17.8 Å². The lowest BCUT2D eigenvalue weighted by molar-refractivity contribution is 0.0458. The standard InChI is InChI=1S/C19H18F2O4/c1-3-23-16-8-12-7-11(2)25-17(12)9-13(16)10-24-19(22)18-14(20)5-4-6-15(18)21/h4-6,8-9,11H,3,7,10H2,1-2H3. The molecule has 25 heavy (non-hydrogen) atoms. The highest BCUT2D eigenvalue weighted by molar-refractivity contribution is 5.90. The molecule has 2 aromatic rings. The first-order valence-electron chi connectivity index (χ1n) is 8.06. The van der Waals surface area contributed by atoms with Crippen molar-refractivity contribution in [2.75, 3.05) is 6.61 Å². The third-order valence-electron chi connectivity index (χ3n) is 3.90. The van der Waals surface area contributed by atoms with Crippen molar-refractivity contribution in [3.05, 3.63) is 58.7 Å². The van der Waals surface area contributed by atoms with Gasteiger partial charge < -0.3 is 14.2 Å². The molecular formula is C19H18F2O4. The van der Waals surface area contributed by atoms with Gasteiger partial charge in [-0.15, -0.1) is 0 Å². The zero-order valence-corrected chi connectivity index (χ0v) is 14.0. The maximum atomic E-state index is 13.7. The van der Waals surface area contributed by atoms with Crippen molar-refractivity contribution in [2.24, 2.45) is 0 Å². The Bertz CT molecular complexity index is 784. The van der Waals surface area contributed by atoms with E-state index in [4.69, 9.17) is 14.2 Å². The van der Waals surface area contributed by atoms with Gasteiger partial charge in [0.15, 0.2) is 0 Å². The molecule has 0 radical (unpaired) electrons. The van der Waals surface area contributed by atoms with Crippen LogP contribution in [0, 0.1) is 11.6 Å². The van der Waals surface area contributed by atoms with Gasteiger partial charge in [0, 0.05) is 17.5 Å². The number of ether oxygens (including phenoxy) is 3. The van der Waals surface area contributed by atoms with Crippen molar-refractivity contribution >= 4 is 5.97 Å². The lowest BCUT2D eigenvalue weighted by atomic mass is 10.1. The third kappa shape index (κ3) is 3.57. The molecule has 0 aromatic heterocycles. The first kappa shape index (κ1) is 17.2. The van der Waals surface area contributed by atoms with E-state index in [0.717, 1.165) is 24.1 Å². The number of carbonyl (C=O) groups excluding carboxylic acids is 1. The first-order valence-corrected chi connectivity index (χ1v) is 8.06. The second-order valence-electron chi connectivity index (χ2n) is 5.81. The fourth-order valence-electron chi connectivity index (χ4n) is 2.79. The van der Waals surface area contributed by atoms with Gasteiger partial charge in [-0.2, -0.15) is 0 Å². The lowest BCUT2D eigenvalue weighted by Crippen LogP contribution is -2.11. The van der Waals surface area contributed by atoms with Crippen molar-refractivity contribution in [3.8, 4) is 11.5 Å². The molecule has 0 saturated carbocycles. The van der Waals surface area contributed by atoms with Crippen LogP contribution in [0.1, 0.15) is 35.3 Å². The summed E-state index contributed by atoms with van der Waals surface area (Å²) >= 11 is 0. The van der Waals surface area contributed by atoms with E-state index in [0.29, 0.717) is 23.7 Å². The summed E-state index contributed by atoms with van der Waals surface area (Å²) in [4.78, 5) is 12.0. The summed E-state index contributed by atoms with van der Waals surface area (Å²) in [6, 6.07) is 6.81. The van der Waals surface area contributed by atoms with E-state index in [1.54, 1.807) is 6.07 Å². The molecule has 3 rings (SSSR count). The molecule has 0 saturated heterocycles. The number of fused-ring (bicyclic) bond motifs is 1. The van der Waals surface area contributed by atoms with Gasteiger partial charge in [-0.3, -0.25) is 0 Å². The minimum atomic E-state index is -1.06. The molecule has 1 unspecified atom stereocenters. The average Bonchev–Trinajstić information content (AvgIpc) is 2.91. The Morgan fingerprint density at radius 3 is 2.68 bits per heavy atom. The fourth-order valence-corrected chi connectivity index (χ4v) is 2.79. The summed E-state index contributed by atoms with van der Waals surface area (Å²) in [6.07, 6.45) is 0.838. The SMILES string of the molecule is CCOc1cc2c(cc1COC(=O)c1c(F)cccc1F)OC(C)C2. The topological polar surface area (TPSA) is 44.8 Å². The molecule has 0 N–H and O–H groups in total. The van der Waals surface area contributed by atoms with E-state index in [1.165, 1.54) is 6.07 Å². The molecule has 0 fully saturated rings. The first-order chi connectivity index (χ1) is 12.0. The number of hydrogen-bond acceptors (Lipinski definition) is 4. The predicted octanol–water partition coefficient (Wildman–Crippen LogP) is 4.04. The van der Waals surface area contributed by atoms with Crippen LogP contribution in [0.4, 0.5) is 8.78 Å². The number of halogens is 2. The molecule has 0 amide bonds. The van der Waals surface area contributed by atoms with Crippen LogP contribution < -0.4 is 9.47 Å². The van der Waals surface area contributed by atoms with Crippen molar-refractivity contribution < 1.29 is 27.8 Å². The molecule has 6 heteroatoms. The van der Waals surface area contributed by atoms with Crippen molar-refractivity contribution in [3.63, 3.8) is 0 Å². The summed E-state index contributed by atoms with van der Waals surface area (Å²) in [6.45, 7) is 4.07. The quantitative estimate of drug-likeness (QED) is 0.765. The third-order valence-corrected chi connectivity index (χ3v) is 3.90. The lowest BCUT2D eigenvalue weighted by Gasteiger charge is -2.13. The number of benzene rings is 2. The molecule has 132 valence electrons. The average molecular weight is 348 g/mol. The van der Waals surface area contributed by atoms with Gasteiger partial charge in [-0.1, -0.05) is 6.07 Å². The van der Waals surface area contributed by atoms with Gasteiger partial charge in [0.25, 0.3) is 0 Å². The van der Waals surface area contributed by atoms with Crippen molar-refractivity contribution in [1.82, 2.24) is 0 Å². The van der Waals surface area contributed by atoms with Gasteiger partial charge in [0.1, 0.15) is 41.4 Å². The number of hydrogen-bond donors (Lipinski definition) is 0. The summed E-state index contributed by atoms with van der Waals surface area (Å²) in [7, 11) is 0. The Labute approximate surface area is 144 Å². The summed E-state index contributed by atoms with van der Waals surface area (Å²) < 4.78 is 43.7. The maximum Gasteiger partial charge on any atom is 0.344 e. The molecule has 1 atom stereocenters. The van der Waals surface area contributed by atoms with Crippen LogP contribution in [0.25, 0.3) is 0 Å². The summed E-state index contributed by atoms with van der Waals surface area (Å²) in [5, 5.41) is 0. The van der Waals surface area contributed by atoms with E-state index in [9.17, 15) is 13.6 Å². The molecule has 0 spiro atoms. The number of esters is 1. The smallest absolute Gasteiger partial charge is 0.344 e. The normalized spacial score (nSPS) is 15.4. The van der Waals surface area contributed by atoms with Crippen molar-refractivity contribution in [1.29, 1.82) is 0 Å². The Hall–Kier alpha value is -2.63. The van der Waals surface area contributed by atoms with E-state index >= 15 is 0 Å². The van der Waals surface area contributed by atoms with Gasteiger partial charge in [-0.25, -0.2) is 13.6 Å². The Morgan fingerprint density at radius 2 is 2.00 bits per heavy atom. The number of rotatable bonds is 5. The zero-order valence-electron chi connectivity index (χ0n) is 14.0. The highest BCUT2D eigenvalue weighted by atomic mass is 19.1. The molecule has 1 aliphatic rings. The van der Waals surface area contributed by atoms with Gasteiger partial charge in [-0.05, 0) is 38.1 Å². The molecule has 0 bridgehead atoms. The van der Waals surface area contributed by atoms with E-state index in [2.05, 4.69) is 0 Å². The van der Waals surface area contributed by atoms with Crippen molar-refractivity contribution in [2.45, 2.75) is 33.0 Å². The van der Waals surface area contributed by atoms with E-state index in [1.807, 2.05) is 19.9 Å². The highest BCUT2D eigenvalue weighted by Gasteiger charge is 2.23. The van der Waals surface area contributed by atoms with Crippen LogP contribution in [0.15, 0.2) is 30.3 Å². The zero-order chi connectivity index (χ0) is 18.0. The summed E-state index contributed by atoms with van der Waals surface area (Å²) in [5.41, 5.74) is 0.900. The minimum absolute atomic E-state index is 0.0646. The van der Waals surface area contributed by atoms with Crippen LogP contribution >= 0.6 is 0 Å². The monoisotopic (exact) mass is 348 g/mol. The van der Waals surface area contributed by atoms with Crippen LogP contribution in [0.3, 0.4) is 0 Å². The molecular weight excluding hydrogens is 330 g/mol. The predicted molar refractivity (Wildman–Crippen MR) is 86.9 cm³/mol. The molecule has 2 aromatic carbocycles. The second-order valence-corrected chi connectivity index (χ2v) is 5.81. The van der Waals surface area contributed by atoms with Gasteiger partial charge >= 0.3 is 5.97 Å². The Balaban J connectivity index is 1.81. The minimum Gasteiger partial charge on any atom is -0.493 e. The Kier molecular flexibility index (Phi) is 4.88. The maximum absolute atomic E-state index is 13.7. The highest BCUT2D eigenvalue weighted by Crippen LogP contribution is 2.35. The van der Waals surface area contributed by atoms with Crippen LogP contribution in [-0.4, -0.2) is 18.7 Å². The second kappa shape index (κ2) is 7.09. The van der Waals surface area contributed by atoms with Gasteiger partial charge in [0.05, 0.1) is 6.61 Å². The molecule has 0 aliphatic carbocycles.